The predicted molar refractivity (Wildman–Crippen MR) is 115 cm³/mol. The van der Waals surface area contributed by atoms with Crippen LogP contribution in [0.3, 0.4) is 0 Å². The van der Waals surface area contributed by atoms with Crippen LogP contribution in [-0.4, -0.2) is 23.0 Å². The van der Waals surface area contributed by atoms with Crippen LogP contribution in [0.1, 0.15) is 42.7 Å². The Morgan fingerprint density at radius 1 is 1.11 bits per heavy atom. The second-order valence-corrected chi connectivity index (χ2v) is 8.61. The van der Waals surface area contributed by atoms with Gasteiger partial charge in [-0.1, -0.05) is 38.5 Å². The molecule has 1 aromatic carbocycles. The number of aryl methyl sites for hydroxylation is 1. The lowest BCUT2D eigenvalue weighted by Crippen LogP contribution is -2.36. The molecule has 0 amide bonds. The average molecular weight is 398 g/mol. The summed E-state index contributed by atoms with van der Waals surface area (Å²) in [5.74, 6) is 1.32. The zero-order chi connectivity index (χ0) is 20.1. The quantitative estimate of drug-likeness (QED) is 0.497. The second-order valence-electron chi connectivity index (χ2n) is 7.67. The van der Waals surface area contributed by atoms with Gasteiger partial charge in [0, 0.05) is 23.4 Å². The number of oxazole rings is 1. The first-order chi connectivity index (χ1) is 13.3. The molecule has 0 fully saturated rings. The molecule has 7 heteroatoms. The van der Waals surface area contributed by atoms with Crippen molar-refractivity contribution < 1.29 is 4.42 Å². The van der Waals surface area contributed by atoms with Gasteiger partial charge in [0.2, 0.25) is 5.89 Å². The van der Waals surface area contributed by atoms with E-state index in [0.29, 0.717) is 24.9 Å². The molecule has 0 unspecified atom stereocenters. The maximum Gasteiger partial charge on any atom is 0.226 e. The van der Waals surface area contributed by atoms with E-state index in [9.17, 15) is 0 Å². The molecule has 2 aromatic heterocycles. The van der Waals surface area contributed by atoms with Gasteiger partial charge in [-0.2, -0.15) is 0 Å². The minimum absolute atomic E-state index is 0.0663. The van der Waals surface area contributed by atoms with Crippen molar-refractivity contribution >= 4 is 17.3 Å². The zero-order valence-corrected chi connectivity index (χ0v) is 17.9. The number of nitrogens with zero attached hydrogens (tertiary/aromatic N) is 3. The summed E-state index contributed by atoms with van der Waals surface area (Å²) in [6, 6.07) is 8.12. The van der Waals surface area contributed by atoms with Gasteiger partial charge in [0.1, 0.15) is 11.3 Å². The topological polar surface area (TPSA) is 75.3 Å². The van der Waals surface area contributed by atoms with Crippen LogP contribution in [0.2, 0.25) is 0 Å². The lowest BCUT2D eigenvalue weighted by atomic mass is 9.93. The summed E-state index contributed by atoms with van der Waals surface area (Å²) in [6.45, 7) is 9.73. The lowest BCUT2D eigenvalue weighted by molar-refractivity contribution is 0.570. The van der Waals surface area contributed by atoms with Crippen LogP contribution in [0.25, 0.3) is 11.5 Å². The van der Waals surface area contributed by atoms with Crippen molar-refractivity contribution in [3.8, 4) is 11.5 Å². The minimum Gasteiger partial charge on any atom is -0.444 e. The number of aromatic nitrogens is 2. The highest BCUT2D eigenvalue weighted by Gasteiger charge is 2.17. The van der Waals surface area contributed by atoms with Gasteiger partial charge in [-0.15, -0.1) is 11.3 Å². The largest absolute Gasteiger partial charge is 0.444 e. The van der Waals surface area contributed by atoms with Crippen LogP contribution in [0.5, 0.6) is 0 Å². The van der Waals surface area contributed by atoms with Gasteiger partial charge in [-0.3, -0.25) is 4.99 Å². The Kier molecular flexibility index (Phi) is 6.14. The lowest BCUT2D eigenvalue weighted by Gasteiger charge is -2.14. The van der Waals surface area contributed by atoms with E-state index >= 15 is 0 Å². The Bertz CT molecular complexity index is 934. The first-order valence-corrected chi connectivity index (χ1v) is 10.1. The molecule has 3 aromatic rings. The summed E-state index contributed by atoms with van der Waals surface area (Å²) >= 11 is 1.66. The molecule has 6 nitrogen and oxygen atoms in total. The summed E-state index contributed by atoms with van der Waals surface area (Å²) < 4.78 is 5.60. The minimum atomic E-state index is 0.0663. The molecule has 0 atom stereocenters. The molecule has 0 spiro atoms. The highest BCUT2D eigenvalue weighted by Crippen LogP contribution is 2.23. The first kappa shape index (κ1) is 20.1. The summed E-state index contributed by atoms with van der Waals surface area (Å²) in [5, 5.41) is 9.71. The number of rotatable bonds is 5. The van der Waals surface area contributed by atoms with Crippen molar-refractivity contribution in [1.29, 1.82) is 0 Å². The van der Waals surface area contributed by atoms with Crippen LogP contribution in [0, 0.1) is 6.92 Å². The molecule has 0 saturated heterocycles. The van der Waals surface area contributed by atoms with Crippen LogP contribution in [0.4, 0.5) is 0 Å². The van der Waals surface area contributed by atoms with Crippen molar-refractivity contribution in [2.45, 2.75) is 46.2 Å². The molecule has 2 heterocycles. The third kappa shape index (κ3) is 5.19. The maximum absolute atomic E-state index is 5.60. The van der Waals surface area contributed by atoms with Gasteiger partial charge >= 0.3 is 0 Å². The van der Waals surface area contributed by atoms with Crippen LogP contribution in [-0.2, 0) is 18.5 Å². The van der Waals surface area contributed by atoms with E-state index in [2.05, 4.69) is 53.7 Å². The summed E-state index contributed by atoms with van der Waals surface area (Å²) in [7, 11) is 1.75. The fourth-order valence-corrected chi connectivity index (χ4v) is 3.47. The Morgan fingerprint density at radius 3 is 2.46 bits per heavy atom. The van der Waals surface area contributed by atoms with E-state index in [1.54, 1.807) is 24.6 Å². The van der Waals surface area contributed by atoms with Crippen molar-refractivity contribution in [3.05, 3.63) is 57.9 Å². The van der Waals surface area contributed by atoms with Crippen LogP contribution in [0.15, 0.2) is 45.3 Å². The van der Waals surface area contributed by atoms with Gasteiger partial charge in [-0.25, -0.2) is 9.97 Å². The molecule has 0 aliphatic carbocycles. The molecule has 28 heavy (non-hydrogen) atoms. The SMILES string of the molecule is CN=C(NCc1coc(-c2ccc(C)cc2)n1)NCc1nc(C(C)(C)C)cs1. The van der Waals surface area contributed by atoms with Crippen LogP contribution < -0.4 is 10.6 Å². The van der Waals surface area contributed by atoms with Crippen molar-refractivity contribution in [1.82, 2.24) is 20.6 Å². The molecule has 0 aliphatic heterocycles. The zero-order valence-electron chi connectivity index (χ0n) is 17.0. The standard InChI is InChI=1S/C21H27N5OS/c1-14-6-8-15(9-7-14)19-25-16(12-27-19)10-23-20(22-5)24-11-18-26-17(13-28-18)21(2,3)4/h6-9,12-13H,10-11H2,1-5H3,(H2,22,23,24). The highest BCUT2D eigenvalue weighted by atomic mass is 32.1. The molecule has 0 saturated carbocycles. The molecular weight excluding hydrogens is 370 g/mol. The Morgan fingerprint density at radius 2 is 1.82 bits per heavy atom. The number of thiazole rings is 1. The van der Waals surface area contributed by atoms with E-state index in [-0.39, 0.29) is 5.41 Å². The summed E-state index contributed by atoms with van der Waals surface area (Å²) in [6.07, 6.45) is 1.67. The summed E-state index contributed by atoms with van der Waals surface area (Å²) in [4.78, 5) is 13.5. The molecule has 3 rings (SSSR count). The van der Waals surface area contributed by atoms with E-state index in [1.165, 1.54) is 5.56 Å². The second kappa shape index (κ2) is 8.56. The number of hydrogen-bond acceptors (Lipinski definition) is 5. The van der Waals surface area contributed by atoms with Crippen molar-refractivity contribution in [3.63, 3.8) is 0 Å². The molecule has 0 radical (unpaired) electrons. The average Bonchev–Trinajstić information content (AvgIpc) is 3.32. The van der Waals surface area contributed by atoms with Crippen molar-refractivity contribution in [2.24, 2.45) is 4.99 Å². The normalized spacial score (nSPS) is 12.2. The maximum atomic E-state index is 5.60. The van der Waals surface area contributed by atoms with Crippen LogP contribution >= 0.6 is 11.3 Å². The van der Waals surface area contributed by atoms with Gasteiger partial charge in [0.15, 0.2) is 5.96 Å². The predicted octanol–water partition coefficient (Wildman–Crippen LogP) is 4.27. The summed E-state index contributed by atoms with van der Waals surface area (Å²) in [5.41, 5.74) is 4.18. The molecule has 0 aliphatic rings. The fourth-order valence-electron chi connectivity index (χ4n) is 2.51. The van der Waals surface area contributed by atoms with Gasteiger partial charge in [0.25, 0.3) is 0 Å². The monoisotopic (exact) mass is 397 g/mol. The van der Waals surface area contributed by atoms with E-state index in [1.807, 2.05) is 24.3 Å². The molecule has 148 valence electrons. The number of guanidine groups is 1. The number of aliphatic imine (C=N–C) groups is 1. The van der Waals surface area contributed by atoms with Crippen molar-refractivity contribution in [2.75, 3.05) is 7.05 Å². The van der Waals surface area contributed by atoms with Gasteiger partial charge < -0.3 is 15.1 Å². The van der Waals surface area contributed by atoms with Gasteiger partial charge in [-0.05, 0) is 19.1 Å². The van der Waals surface area contributed by atoms with E-state index in [0.717, 1.165) is 22.0 Å². The third-order valence-corrected chi connectivity index (χ3v) is 5.09. The fraction of sp³-hybridized carbons (Fsp3) is 0.381. The number of nitrogens with one attached hydrogen (secondary N) is 2. The first-order valence-electron chi connectivity index (χ1n) is 9.26. The van der Waals surface area contributed by atoms with E-state index in [4.69, 9.17) is 9.40 Å². The smallest absolute Gasteiger partial charge is 0.226 e. The van der Waals surface area contributed by atoms with E-state index < -0.39 is 0 Å². The number of hydrogen-bond donors (Lipinski definition) is 2. The molecule has 2 N–H and O–H groups in total. The molecule has 0 bridgehead atoms. The third-order valence-electron chi connectivity index (χ3n) is 4.24. The number of benzene rings is 1. The Balaban J connectivity index is 1.53. The molecular formula is C21H27N5OS. The Hall–Kier alpha value is -2.67. The van der Waals surface area contributed by atoms with Gasteiger partial charge in [0.05, 0.1) is 24.5 Å². The highest BCUT2D eigenvalue weighted by molar-refractivity contribution is 7.09. The Labute approximate surface area is 170 Å².